The average molecular weight is 416 g/mol. The van der Waals surface area contributed by atoms with Crippen LogP contribution in [-0.4, -0.2) is 34.5 Å². The van der Waals surface area contributed by atoms with Gasteiger partial charge in [0.1, 0.15) is 0 Å². The zero-order chi connectivity index (χ0) is 21.4. The van der Waals surface area contributed by atoms with Gasteiger partial charge in [-0.25, -0.2) is 0 Å². The number of nitrogen functional groups attached to an aromatic ring is 1. The van der Waals surface area contributed by atoms with Gasteiger partial charge in [-0.3, -0.25) is 9.47 Å². The van der Waals surface area contributed by atoms with E-state index in [4.69, 9.17) is 5.84 Å². The zero-order valence-electron chi connectivity index (χ0n) is 18.5. The molecule has 2 aliphatic heterocycles. The summed E-state index contributed by atoms with van der Waals surface area (Å²) in [7, 11) is 0. The van der Waals surface area contributed by atoms with Crippen molar-refractivity contribution in [3.63, 3.8) is 0 Å². The molecule has 2 aromatic carbocycles. The molecule has 0 spiro atoms. The third-order valence-corrected chi connectivity index (χ3v) is 7.36. The third-order valence-electron chi connectivity index (χ3n) is 7.36. The number of aryl methyl sites for hydroxylation is 1. The van der Waals surface area contributed by atoms with Crippen LogP contribution in [0.1, 0.15) is 78.4 Å². The number of carbonyl (C=O) groups excluding carboxylic acids is 1. The largest absolute Gasteiger partial charge is 0.339 e. The molecule has 3 aromatic rings. The highest BCUT2D eigenvalue weighted by Crippen LogP contribution is 2.39. The van der Waals surface area contributed by atoms with Gasteiger partial charge in [0.25, 0.3) is 0 Å². The fourth-order valence-electron chi connectivity index (χ4n) is 5.74. The summed E-state index contributed by atoms with van der Waals surface area (Å²) in [4.78, 5) is 16.0. The molecule has 2 saturated heterocycles. The highest BCUT2D eigenvalue weighted by molar-refractivity contribution is 6.10. The molecule has 0 radical (unpaired) electrons. The Labute approximate surface area is 185 Å². The Bertz CT molecular complexity index is 1100. The molecule has 0 amide bonds. The number of fused-ring (bicyclic) bond motifs is 2. The molecule has 0 saturated carbocycles. The number of hydrogen-bond acceptors (Lipinski definition) is 3. The SMILES string of the molecule is CCCc1cccc(C(=O)c2ccc3c(c2)c(C2CCN4CCCCC4C2)cn3N)c1. The lowest BCUT2D eigenvalue weighted by Gasteiger charge is -2.42. The highest BCUT2D eigenvalue weighted by atomic mass is 16.1. The van der Waals surface area contributed by atoms with Crippen molar-refractivity contribution >= 4 is 16.7 Å². The highest BCUT2D eigenvalue weighted by Gasteiger charge is 2.32. The molecule has 1 aromatic heterocycles. The van der Waals surface area contributed by atoms with E-state index in [1.54, 1.807) is 4.68 Å². The number of hydrogen-bond donors (Lipinski definition) is 1. The maximum absolute atomic E-state index is 13.3. The minimum absolute atomic E-state index is 0.0951. The lowest BCUT2D eigenvalue weighted by Crippen LogP contribution is -2.44. The second kappa shape index (κ2) is 8.51. The van der Waals surface area contributed by atoms with E-state index in [0.29, 0.717) is 12.0 Å². The lowest BCUT2D eigenvalue weighted by atomic mass is 9.82. The van der Waals surface area contributed by atoms with E-state index in [1.165, 1.54) is 56.3 Å². The Balaban J connectivity index is 1.47. The van der Waals surface area contributed by atoms with Gasteiger partial charge in [-0.15, -0.1) is 0 Å². The maximum Gasteiger partial charge on any atom is 0.193 e. The molecular weight excluding hydrogens is 382 g/mol. The first kappa shape index (κ1) is 20.3. The molecule has 2 aliphatic rings. The van der Waals surface area contributed by atoms with Crippen LogP contribution in [0, 0.1) is 0 Å². The Hall–Kier alpha value is -2.59. The molecular formula is C27H33N3O. The van der Waals surface area contributed by atoms with Gasteiger partial charge in [0.15, 0.2) is 5.78 Å². The first-order chi connectivity index (χ1) is 15.1. The molecule has 2 atom stereocenters. The van der Waals surface area contributed by atoms with Gasteiger partial charge in [0.2, 0.25) is 0 Å². The van der Waals surface area contributed by atoms with E-state index in [9.17, 15) is 4.79 Å². The smallest absolute Gasteiger partial charge is 0.193 e. The number of nitrogens with zero attached hydrogens (tertiary/aromatic N) is 2. The third kappa shape index (κ3) is 3.89. The second-order valence-electron chi connectivity index (χ2n) is 9.41. The van der Waals surface area contributed by atoms with Gasteiger partial charge in [-0.2, -0.15) is 0 Å². The molecule has 0 aliphatic carbocycles. The molecule has 31 heavy (non-hydrogen) atoms. The van der Waals surface area contributed by atoms with E-state index in [0.717, 1.165) is 34.9 Å². The van der Waals surface area contributed by atoms with Crippen molar-refractivity contribution in [2.24, 2.45) is 0 Å². The van der Waals surface area contributed by atoms with E-state index in [-0.39, 0.29) is 5.78 Å². The fraction of sp³-hybridized carbons (Fsp3) is 0.444. The zero-order valence-corrected chi connectivity index (χ0v) is 18.5. The Morgan fingerprint density at radius 1 is 1.06 bits per heavy atom. The van der Waals surface area contributed by atoms with Crippen LogP contribution >= 0.6 is 0 Å². The standard InChI is InChI=1S/C27H33N3O/c1-2-6-19-7-5-8-21(15-19)27(31)22-10-11-26-24(17-22)25(18-30(26)28)20-12-14-29-13-4-3-9-23(29)16-20/h5,7-8,10-11,15,17-18,20,23H,2-4,6,9,12-14,16,28H2,1H3. The summed E-state index contributed by atoms with van der Waals surface area (Å²) in [5, 5.41) is 1.15. The van der Waals surface area contributed by atoms with Gasteiger partial charge in [-0.1, -0.05) is 38.0 Å². The number of aromatic nitrogens is 1. The quantitative estimate of drug-likeness (QED) is 0.456. The Morgan fingerprint density at radius 2 is 1.94 bits per heavy atom. The molecule has 5 rings (SSSR count). The van der Waals surface area contributed by atoms with Crippen LogP contribution in [0.15, 0.2) is 48.7 Å². The van der Waals surface area contributed by atoms with Crippen LogP contribution in [0.3, 0.4) is 0 Å². The van der Waals surface area contributed by atoms with Crippen molar-refractivity contribution in [3.05, 3.63) is 70.9 Å². The summed E-state index contributed by atoms with van der Waals surface area (Å²) < 4.78 is 1.74. The van der Waals surface area contributed by atoms with Crippen molar-refractivity contribution in [2.45, 2.75) is 63.8 Å². The molecule has 0 bridgehead atoms. The number of carbonyl (C=O) groups is 1. The molecule has 162 valence electrons. The predicted molar refractivity (Wildman–Crippen MR) is 127 cm³/mol. The summed E-state index contributed by atoms with van der Waals surface area (Å²) in [5.41, 5.74) is 5.08. The van der Waals surface area contributed by atoms with Gasteiger partial charge >= 0.3 is 0 Å². The minimum Gasteiger partial charge on any atom is -0.339 e. The van der Waals surface area contributed by atoms with Crippen LogP contribution in [0.2, 0.25) is 0 Å². The van der Waals surface area contributed by atoms with Crippen LogP contribution in [0.4, 0.5) is 0 Å². The van der Waals surface area contributed by atoms with Crippen molar-refractivity contribution in [1.29, 1.82) is 0 Å². The molecule has 2 N–H and O–H groups in total. The van der Waals surface area contributed by atoms with Crippen molar-refractivity contribution in [1.82, 2.24) is 9.58 Å². The van der Waals surface area contributed by atoms with Gasteiger partial charge in [-0.05, 0) is 86.5 Å². The lowest BCUT2D eigenvalue weighted by molar-refractivity contribution is 0.0977. The summed E-state index contributed by atoms with van der Waals surface area (Å²) in [5.74, 6) is 6.94. The first-order valence-electron chi connectivity index (χ1n) is 11.9. The predicted octanol–water partition coefficient (Wildman–Crippen LogP) is 5.27. The first-order valence-corrected chi connectivity index (χ1v) is 11.9. The van der Waals surface area contributed by atoms with E-state index in [2.05, 4.69) is 30.2 Å². The number of benzene rings is 2. The fourth-order valence-corrected chi connectivity index (χ4v) is 5.74. The summed E-state index contributed by atoms with van der Waals surface area (Å²) in [6, 6.07) is 14.8. The molecule has 2 fully saturated rings. The summed E-state index contributed by atoms with van der Waals surface area (Å²) in [6.07, 6.45) is 10.6. The second-order valence-corrected chi connectivity index (χ2v) is 9.41. The number of piperidine rings is 2. The monoisotopic (exact) mass is 415 g/mol. The van der Waals surface area contributed by atoms with Crippen molar-refractivity contribution in [2.75, 3.05) is 18.9 Å². The number of nitrogens with two attached hydrogens (primary N) is 1. The normalized spacial score (nSPS) is 21.8. The van der Waals surface area contributed by atoms with E-state index < -0.39 is 0 Å². The minimum atomic E-state index is 0.0951. The maximum atomic E-state index is 13.3. The topological polar surface area (TPSA) is 51.3 Å². The van der Waals surface area contributed by atoms with Crippen LogP contribution in [0.25, 0.3) is 10.9 Å². The van der Waals surface area contributed by atoms with E-state index >= 15 is 0 Å². The van der Waals surface area contributed by atoms with Crippen molar-refractivity contribution < 1.29 is 4.79 Å². The van der Waals surface area contributed by atoms with Crippen LogP contribution in [0.5, 0.6) is 0 Å². The van der Waals surface area contributed by atoms with E-state index in [1.807, 2.05) is 30.3 Å². The van der Waals surface area contributed by atoms with Crippen LogP contribution < -0.4 is 5.84 Å². The van der Waals surface area contributed by atoms with Crippen LogP contribution in [-0.2, 0) is 6.42 Å². The van der Waals surface area contributed by atoms with Gasteiger partial charge in [0, 0.05) is 28.8 Å². The average Bonchev–Trinajstić information content (AvgIpc) is 3.14. The number of rotatable bonds is 5. The van der Waals surface area contributed by atoms with Crippen molar-refractivity contribution in [3.8, 4) is 0 Å². The number of ketones is 1. The van der Waals surface area contributed by atoms with Gasteiger partial charge < -0.3 is 10.7 Å². The Kier molecular flexibility index (Phi) is 5.58. The molecule has 2 unspecified atom stereocenters. The molecule has 4 heteroatoms. The molecule has 4 nitrogen and oxygen atoms in total. The Morgan fingerprint density at radius 3 is 2.81 bits per heavy atom. The molecule has 3 heterocycles. The summed E-state index contributed by atoms with van der Waals surface area (Å²) in [6.45, 7) is 4.60. The van der Waals surface area contributed by atoms with Gasteiger partial charge in [0.05, 0.1) is 5.52 Å². The summed E-state index contributed by atoms with van der Waals surface area (Å²) >= 11 is 0.